The quantitative estimate of drug-likeness (QED) is 0.621. The van der Waals surface area contributed by atoms with Gasteiger partial charge in [0.25, 0.3) is 0 Å². The molecule has 0 radical (unpaired) electrons. The lowest BCUT2D eigenvalue weighted by Crippen LogP contribution is -2.53. The van der Waals surface area contributed by atoms with Gasteiger partial charge in [0, 0.05) is 12.4 Å². The number of nitrogens with one attached hydrogen (secondary N) is 1. The summed E-state index contributed by atoms with van der Waals surface area (Å²) < 4.78 is 1.50. The molecular formula is C10H17N3O3. The van der Waals surface area contributed by atoms with E-state index in [4.69, 9.17) is 10.2 Å². The molecule has 0 aliphatic heterocycles. The van der Waals surface area contributed by atoms with Crippen LogP contribution in [-0.4, -0.2) is 44.7 Å². The molecule has 6 nitrogen and oxygen atoms in total. The lowest BCUT2D eigenvalue weighted by molar-refractivity contribution is -0.127. The molecule has 0 fully saturated rings. The van der Waals surface area contributed by atoms with Crippen LogP contribution in [0.1, 0.15) is 19.9 Å². The molecule has 1 unspecified atom stereocenters. The van der Waals surface area contributed by atoms with Crippen LogP contribution in [0, 0.1) is 0 Å². The van der Waals surface area contributed by atoms with Gasteiger partial charge in [-0.05, 0) is 19.9 Å². The minimum Gasteiger partial charge on any atom is -0.394 e. The molecule has 6 heteroatoms. The first-order valence-corrected chi connectivity index (χ1v) is 5.05. The number of nitrogens with zero attached hydrogens (tertiary/aromatic N) is 2. The summed E-state index contributed by atoms with van der Waals surface area (Å²) in [5.74, 6) is -0.297. The molecule has 1 rings (SSSR count). The lowest BCUT2D eigenvalue weighted by Gasteiger charge is -2.27. The van der Waals surface area contributed by atoms with Gasteiger partial charge < -0.3 is 15.5 Å². The molecular weight excluding hydrogens is 210 g/mol. The Balaban J connectivity index is 2.65. The number of hydrogen-bond acceptors (Lipinski definition) is 4. The van der Waals surface area contributed by atoms with Crippen molar-refractivity contribution in [1.29, 1.82) is 0 Å². The van der Waals surface area contributed by atoms with Gasteiger partial charge >= 0.3 is 0 Å². The fourth-order valence-corrected chi connectivity index (χ4v) is 1.16. The summed E-state index contributed by atoms with van der Waals surface area (Å²) in [5.41, 5.74) is -1.00. The molecule has 0 aliphatic carbocycles. The van der Waals surface area contributed by atoms with E-state index in [1.807, 2.05) is 0 Å². The van der Waals surface area contributed by atoms with E-state index in [9.17, 15) is 4.79 Å². The van der Waals surface area contributed by atoms with Crippen LogP contribution in [0.2, 0.25) is 0 Å². The van der Waals surface area contributed by atoms with E-state index in [1.165, 1.54) is 4.68 Å². The average Bonchev–Trinajstić information content (AvgIpc) is 2.81. The molecule has 1 aromatic heterocycles. The first-order valence-electron chi connectivity index (χ1n) is 5.05. The van der Waals surface area contributed by atoms with Crippen LogP contribution >= 0.6 is 0 Å². The lowest BCUT2D eigenvalue weighted by atomic mass is 10.1. The van der Waals surface area contributed by atoms with Gasteiger partial charge in [-0.2, -0.15) is 5.10 Å². The number of amides is 1. The van der Waals surface area contributed by atoms with Crippen LogP contribution in [-0.2, 0) is 4.79 Å². The van der Waals surface area contributed by atoms with Gasteiger partial charge in [-0.1, -0.05) is 0 Å². The number of carbonyl (C=O) groups excluding carboxylic acids is 1. The third-order valence-electron chi connectivity index (χ3n) is 2.42. The van der Waals surface area contributed by atoms with Crippen molar-refractivity contribution in [3.63, 3.8) is 0 Å². The normalized spacial score (nSPS) is 13.5. The summed E-state index contributed by atoms with van der Waals surface area (Å²) >= 11 is 0. The number of hydrogen-bond donors (Lipinski definition) is 3. The predicted octanol–water partition coefficient (Wildman–Crippen LogP) is -0.696. The van der Waals surface area contributed by atoms with Crippen molar-refractivity contribution in [3.8, 4) is 0 Å². The summed E-state index contributed by atoms with van der Waals surface area (Å²) in [6, 6.07) is 1.24. The van der Waals surface area contributed by atoms with Crippen molar-refractivity contribution in [2.24, 2.45) is 0 Å². The van der Waals surface area contributed by atoms with Crippen LogP contribution in [0.5, 0.6) is 0 Å². The fraction of sp³-hybridized carbons (Fsp3) is 0.600. The van der Waals surface area contributed by atoms with Gasteiger partial charge in [0.15, 0.2) is 0 Å². The van der Waals surface area contributed by atoms with Crippen molar-refractivity contribution in [3.05, 3.63) is 18.5 Å². The van der Waals surface area contributed by atoms with E-state index in [0.717, 1.165) is 0 Å². The standard InChI is InChI=1S/C10H17N3O3/c1-8(13-5-3-4-11-13)9(16)12-10(2,6-14)7-15/h3-5,8,14-15H,6-7H2,1-2H3,(H,12,16). The van der Waals surface area contributed by atoms with Crippen molar-refractivity contribution in [1.82, 2.24) is 15.1 Å². The summed E-state index contributed by atoms with van der Waals surface area (Å²) in [6.45, 7) is 2.63. The van der Waals surface area contributed by atoms with Crippen molar-refractivity contribution in [2.45, 2.75) is 25.4 Å². The summed E-state index contributed by atoms with van der Waals surface area (Å²) in [5, 5.41) is 24.6. The Bertz CT molecular complexity index is 333. The van der Waals surface area contributed by atoms with Crippen LogP contribution in [0.25, 0.3) is 0 Å². The van der Waals surface area contributed by atoms with Gasteiger partial charge in [0.1, 0.15) is 6.04 Å². The molecule has 0 saturated carbocycles. The maximum absolute atomic E-state index is 11.8. The molecule has 3 N–H and O–H groups in total. The van der Waals surface area contributed by atoms with Crippen molar-refractivity contribution in [2.75, 3.05) is 13.2 Å². The molecule has 90 valence electrons. The molecule has 1 heterocycles. The highest BCUT2D eigenvalue weighted by molar-refractivity contribution is 5.80. The van der Waals surface area contributed by atoms with E-state index in [1.54, 1.807) is 32.3 Å². The third kappa shape index (κ3) is 2.80. The second-order valence-electron chi connectivity index (χ2n) is 4.03. The number of aliphatic hydroxyl groups is 2. The Labute approximate surface area is 93.9 Å². The van der Waals surface area contributed by atoms with Crippen LogP contribution in [0.4, 0.5) is 0 Å². The topological polar surface area (TPSA) is 87.4 Å². The smallest absolute Gasteiger partial charge is 0.245 e. The highest BCUT2D eigenvalue weighted by atomic mass is 16.3. The SMILES string of the molecule is CC(C(=O)NC(C)(CO)CO)n1cccn1. The van der Waals surface area contributed by atoms with E-state index < -0.39 is 11.6 Å². The van der Waals surface area contributed by atoms with Gasteiger partial charge in [0.05, 0.1) is 18.8 Å². The Morgan fingerprint density at radius 1 is 1.56 bits per heavy atom. The van der Waals surface area contributed by atoms with E-state index >= 15 is 0 Å². The molecule has 0 aromatic carbocycles. The number of aliphatic hydroxyl groups excluding tert-OH is 2. The first kappa shape index (κ1) is 12.7. The predicted molar refractivity (Wildman–Crippen MR) is 57.7 cm³/mol. The Kier molecular flexibility index (Phi) is 4.03. The van der Waals surface area contributed by atoms with E-state index in [0.29, 0.717) is 0 Å². The van der Waals surface area contributed by atoms with Gasteiger partial charge in [0.2, 0.25) is 5.91 Å². The highest BCUT2D eigenvalue weighted by Crippen LogP contribution is 2.07. The maximum Gasteiger partial charge on any atom is 0.245 e. The zero-order valence-electron chi connectivity index (χ0n) is 9.42. The van der Waals surface area contributed by atoms with Crippen LogP contribution in [0.15, 0.2) is 18.5 Å². The largest absolute Gasteiger partial charge is 0.394 e. The summed E-state index contributed by atoms with van der Waals surface area (Å²) in [4.78, 5) is 11.8. The summed E-state index contributed by atoms with van der Waals surface area (Å²) in [7, 11) is 0. The Morgan fingerprint density at radius 2 is 2.19 bits per heavy atom. The second-order valence-corrected chi connectivity index (χ2v) is 4.03. The van der Waals surface area contributed by atoms with Gasteiger partial charge in [-0.3, -0.25) is 9.48 Å². The first-order chi connectivity index (χ1) is 7.52. The highest BCUT2D eigenvalue weighted by Gasteiger charge is 2.27. The monoisotopic (exact) mass is 227 g/mol. The molecule has 16 heavy (non-hydrogen) atoms. The number of aromatic nitrogens is 2. The molecule has 1 aromatic rings. The molecule has 0 aliphatic rings. The third-order valence-corrected chi connectivity index (χ3v) is 2.42. The zero-order chi connectivity index (χ0) is 12.2. The van der Waals surface area contributed by atoms with Crippen molar-refractivity contribution >= 4 is 5.91 Å². The summed E-state index contributed by atoms with van der Waals surface area (Å²) in [6.07, 6.45) is 3.26. The second kappa shape index (κ2) is 5.09. The molecule has 1 amide bonds. The van der Waals surface area contributed by atoms with Gasteiger partial charge in [-0.25, -0.2) is 0 Å². The zero-order valence-corrected chi connectivity index (χ0v) is 9.42. The Hall–Kier alpha value is -1.40. The number of rotatable bonds is 5. The van der Waals surface area contributed by atoms with Crippen LogP contribution in [0.3, 0.4) is 0 Å². The Morgan fingerprint density at radius 3 is 2.62 bits per heavy atom. The molecule has 0 saturated heterocycles. The van der Waals surface area contributed by atoms with Gasteiger partial charge in [-0.15, -0.1) is 0 Å². The molecule has 1 atom stereocenters. The van der Waals surface area contributed by atoms with E-state index in [-0.39, 0.29) is 19.1 Å². The molecule has 0 spiro atoms. The minimum absolute atomic E-state index is 0.297. The van der Waals surface area contributed by atoms with E-state index in [2.05, 4.69) is 10.4 Å². The average molecular weight is 227 g/mol. The fourth-order valence-electron chi connectivity index (χ4n) is 1.16. The molecule has 0 bridgehead atoms. The number of carbonyl (C=O) groups is 1. The van der Waals surface area contributed by atoms with Crippen molar-refractivity contribution < 1.29 is 15.0 Å². The van der Waals surface area contributed by atoms with Crippen LogP contribution < -0.4 is 5.32 Å². The maximum atomic E-state index is 11.8. The minimum atomic E-state index is -1.00.